The molecule has 0 aromatic heterocycles. The maximum absolute atomic E-state index is 12.1. The van der Waals surface area contributed by atoms with Crippen molar-refractivity contribution in [1.82, 2.24) is 4.90 Å². The highest BCUT2D eigenvalue weighted by atomic mass is 127. The molecule has 0 saturated heterocycles. The molecular weight excluding hydrogens is 501 g/mol. The third-order valence-corrected chi connectivity index (χ3v) is 4.73. The first kappa shape index (κ1) is 23.2. The van der Waals surface area contributed by atoms with Gasteiger partial charge >= 0.3 is 0 Å². The lowest BCUT2D eigenvalue weighted by Crippen LogP contribution is -2.22. The van der Waals surface area contributed by atoms with Crippen LogP contribution in [0.1, 0.15) is 18.1 Å². The lowest BCUT2D eigenvalue weighted by molar-refractivity contribution is -0.384. The highest BCUT2D eigenvalue weighted by molar-refractivity contribution is 14.1. The number of nitrogens with zero attached hydrogens (tertiary/aromatic N) is 3. The first-order chi connectivity index (χ1) is 14.3. The van der Waals surface area contributed by atoms with Crippen molar-refractivity contribution in [2.75, 3.05) is 20.7 Å². The summed E-state index contributed by atoms with van der Waals surface area (Å²) in [4.78, 5) is 23.8. The number of nitro groups is 1. The van der Waals surface area contributed by atoms with E-state index >= 15 is 0 Å². The number of ether oxygens (including phenoxy) is 2. The summed E-state index contributed by atoms with van der Waals surface area (Å²) in [5.41, 5.74) is 1.43. The summed E-state index contributed by atoms with van der Waals surface area (Å²) in [6.45, 7) is 2.44. The summed E-state index contributed by atoms with van der Waals surface area (Å²) in [7, 11) is 3.16. The molecule has 0 unspecified atom stereocenters. The number of carbonyl (C=O) groups is 1. The van der Waals surface area contributed by atoms with Crippen LogP contribution in [-0.2, 0) is 11.4 Å². The molecule has 0 bridgehead atoms. The Hall–Kier alpha value is -3.13. The Morgan fingerprint density at radius 3 is 2.47 bits per heavy atom. The van der Waals surface area contributed by atoms with Gasteiger partial charge in [-0.1, -0.05) is 0 Å². The van der Waals surface area contributed by atoms with Gasteiger partial charge in [-0.3, -0.25) is 14.9 Å². The highest BCUT2D eigenvalue weighted by Crippen LogP contribution is 2.35. The van der Waals surface area contributed by atoms with E-state index in [1.165, 1.54) is 23.1 Å². The number of amides is 1. The lowest BCUT2D eigenvalue weighted by atomic mass is 10.1. The van der Waals surface area contributed by atoms with Gasteiger partial charge in [0.15, 0.2) is 11.5 Å². The van der Waals surface area contributed by atoms with Crippen molar-refractivity contribution >= 4 is 40.3 Å². The molecule has 0 atom stereocenters. The fourth-order valence-electron chi connectivity index (χ4n) is 2.49. The van der Waals surface area contributed by atoms with Gasteiger partial charge in [-0.05, 0) is 71.0 Å². The number of hydrogen-bond donors (Lipinski definition) is 0. The van der Waals surface area contributed by atoms with Crippen molar-refractivity contribution in [1.29, 1.82) is 5.26 Å². The first-order valence-electron chi connectivity index (χ1n) is 8.92. The molecule has 0 spiro atoms. The SMILES string of the molecule is CCOc1cc(/C=C(/C#N)C(=O)N(C)C)cc(I)c1OCc1ccc([N+](=O)[O-])cc1. The Labute approximate surface area is 188 Å². The van der Waals surface area contributed by atoms with Gasteiger partial charge in [0.05, 0.1) is 15.1 Å². The molecule has 0 aliphatic heterocycles. The largest absolute Gasteiger partial charge is 0.490 e. The van der Waals surface area contributed by atoms with E-state index in [0.29, 0.717) is 23.7 Å². The number of non-ortho nitro benzene ring substituents is 1. The van der Waals surface area contributed by atoms with E-state index < -0.39 is 4.92 Å². The van der Waals surface area contributed by atoms with Crippen LogP contribution in [0.15, 0.2) is 42.0 Å². The number of carbonyl (C=O) groups excluding carboxylic acids is 1. The van der Waals surface area contributed by atoms with E-state index in [1.54, 1.807) is 38.4 Å². The van der Waals surface area contributed by atoms with Gasteiger partial charge in [-0.15, -0.1) is 0 Å². The molecule has 0 N–H and O–H groups in total. The zero-order chi connectivity index (χ0) is 22.3. The number of rotatable bonds is 8. The van der Waals surface area contributed by atoms with Gasteiger partial charge in [-0.25, -0.2) is 0 Å². The quantitative estimate of drug-likeness (QED) is 0.170. The Balaban J connectivity index is 2.31. The minimum Gasteiger partial charge on any atom is -0.490 e. The summed E-state index contributed by atoms with van der Waals surface area (Å²) in [5.74, 6) is 0.613. The van der Waals surface area contributed by atoms with E-state index in [0.717, 1.165) is 9.13 Å². The minimum absolute atomic E-state index is 0.0118. The van der Waals surface area contributed by atoms with Crippen molar-refractivity contribution in [2.45, 2.75) is 13.5 Å². The van der Waals surface area contributed by atoms with Gasteiger partial charge in [-0.2, -0.15) is 5.26 Å². The fraction of sp³-hybridized carbons (Fsp3) is 0.238. The fourth-order valence-corrected chi connectivity index (χ4v) is 3.27. The highest BCUT2D eigenvalue weighted by Gasteiger charge is 2.15. The summed E-state index contributed by atoms with van der Waals surface area (Å²) >= 11 is 2.10. The van der Waals surface area contributed by atoms with Crippen molar-refractivity contribution in [2.24, 2.45) is 0 Å². The Bertz CT molecular complexity index is 1010. The number of benzene rings is 2. The van der Waals surface area contributed by atoms with E-state index in [2.05, 4.69) is 22.6 Å². The standard InChI is InChI=1S/C21H20IN3O5/c1-4-29-19-11-15(9-16(12-23)21(26)24(2)3)10-18(22)20(19)30-13-14-5-7-17(8-6-14)25(27)28/h5-11H,4,13H2,1-3H3/b16-9-. The van der Waals surface area contributed by atoms with Gasteiger partial charge in [0.25, 0.3) is 11.6 Å². The number of likely N-dealkylation sites (N-methyl/N-ethyl adjacent to an activating group) is 1. The van der Waals surface area contributed by atoms with Gasteiger partial charge in [0.1, 0.15) is 18.2 Å². The third-order valence-electron chi connectivity index (χ3n) is 3.93. The Morgan fingerprint density at radius 1 is 1.27 bits per heavy atom. The van der Waals surface area contributed by atoms with Crippen molar-refractivity contribution in [3.8, 4) is 17.6 Å². The van der Waals surface area contributed by atoms with Crippen LogP contribution in [0.5, 0.6) is 11.5 Å². The summed E-state index contributed by atoms with van der Waals surface area (Å²) in [5, 5.41) is 20.1. The molecule has 1 amide bonds. The molecule has 0 saturated carbocycles. The number of nitro benzene ring substituents is 1. The maximum atomic E-state index is 12.1. The van der Waals surface area contributed by atoms with Crippen LogP contribution in [-0.4, -0.2) is 36.4 Å². The van der Waals surface area contributed by atoms with Crippen LogP contribution in [0.3, 0.4) is 0 Å². The molecule has 2 aromatic rings. The van der Waals surface area contributed by atoms with E-state index in [4.69, 9.17) is 9.47 Å². The Morgan fingerprint density at radius 2 is 1.93 bits per heavy atom. The summed E-state index contributed by atoms with van der Waals surface area (Å²) in [6.07, 6.45) is 1.51. The topological polar surface area (TPSA) is 106 Å². The van der Waals surface area contributed by atoms with Crippen LogP contribution >= 0.6 is 22.6 Å². The monoisotopic (exact) mass is 521 g/mol. The molecule has 0 fully saturated rings. The molecule has 0 aliphatic rings. The average molecular weight is 521 g/mol. The number of hydrogen-bond acceptors (Lipinski definition) is 6. The van der Waals surface area contributed by atoms with Gasteiger partial charge in [0, 0.05) is 26.2 Å². The zero-order valence-electron chi connectivity index (χ0n) is 16.7. The normalized spacial score (nSPS) is 10.8. The summed E-state index contributed by atoms with van der Waals surface area (Å²) < 4.78 is 12.3. The molecule has 30 heavy (non-hydrogen) atoms. The molecule has 2 rings (SSSR count). The second-order valence-corrected chi connectivity index (χ2v) is 7.51. The molecular formula is C21H20IN3O5. The second kappa shape index (κ2) is 10.6. The average Bonchev–Trinajstić information content (AvgIpc) is 2.71. The number of nitriles is 1. The van der Waals surface area contributed by atoms with Gasteiger partial charge in [0.2, 0.25) is 0 Å². The van der Waals surface area contributed by atoms with Crippen molar-refractivity contribution in [3.05, 3.63) is 66.8 Å². The third kappa shape index (κ3) is 5.93. The lowest BCUT2D eigenvalue weighted by Gasteiger charge is -2.15. The van der Waals surface area contributed by atoms with E-state index in [-0.39, 0.29) is 23.8 Å². The van der Waals surface area contributed by atoms with E-state index in [9.17, 15) is 20.2 Å². The van der Waals surface area contributed by atoms with Crippen LogP contribution < -0.4 is 9.47 Å². The minimum atomic E-state index is -0.455. The van der Waals surface area contributed by atoms with E-state index in [1.807, 2.05) is 13.0 Å². The predicted octanol–water partition coefficient (Wildman–Crippen LogP) is 4.17. The first-order valence-corrected chi connectivity index (χ1v) is 10.0. The van der Waals surface area contributed by atoms with Crippen LogP contribution in [0.4, 0.5) is 5.69 Å². The molecule has 2 aromatic carbocycles. The molecule has 0 radical (unpaired) electrons. The Kier molecular flexibility index (Phi) is 8.17. The molecule has 8 nitrogen and oxygen atoms in total. The number of halogens is 1. The van der Waals surface area contributed by atoms with Crippen LogP contribution in [0, 0.1) is 25.0 Å². The molecule has 0 aliphatic carbocycles. The molecule has 156 valence electrons. The second-order valence-electron chi connectivity index (χ2n) is 6.34. The van der Waals surface area contributed by atoms with Crippen molar-refractivity contribution in [3.63, 3.8) is 0 Å². The predicted molar refractivity (Wildman–Crippen MR) is 120 cm³/mol. The zero-order valence-corrected chi connectivity index (χ0v) is 18.9. The van der Waals surface area contributed by atoms with Crippen LogP contribution in [0.25, 0.3) is 6.08 Å². The van der Waals surface area contributed by atoms with Crippen LogP contribution in [0.2, 0.25) is 0 Å². The maximum Gasteiger partial charge on any atom is 0.269 e. The molecule has 9 heteroatoms. The smallest absolute Gasteiger partial charge is 0.269 e. The molecule has 0 heterocycles. The summed E-state index contributed by atoms with van der Waals surface area (Å²) in [6, 6.07) is 11.5. The van der Waals surface area contributed by atoms with Gasteiger partial charge < -0.3 is 14.4 Å². The van der Waals surface area contributed by atoms with Crippen molar-refractivity contribution < 1.29 is 19.2 Å².